The maximum atomic E-state index is 9.85. The molecule has 0 amide bonds. The lowest BCUT2D eigenvalue weighted by molar-refractivity contribution is -0.221. The Balaban J connectivity index is 2.08. The standard InChI is InChI=1S/C12H16BrNO5/c13-6-1-3-7(4-2-6)14-12-11(18)10(17)9(16)8(5-15)19-12/h1-4,8-12,14-18H,5H2/t8-,9+,10+,11-,12?/m1/s1. The van der Waals surface area contributed by atoms with E-state index in [2.05, 4.69) is 21.2 Å². The van der Waals surface area contributed by atoms with Crippen molar-refractivity contribution in [3.63, 3.8) is 0 Å². The molecule has 0 spiro atoms. The summed E-state index contributed by atoms with van der Waals surface area (Å²) in [6.45, 7) is -0.441. The number of aliphatic hydroxyl groups excluding tert-OH is 4. The monoisotopic (exact) mass is 333 g/mol. The molecule has 1 aromatic rings. The van der Waals surface area contributed by atoms with Gasteiger partial charge in [0.2, 0.25) is 0 Å². The SMILES string of the molecule is OC[C@H]1OC(Nc2ccc(Br)cc2)[C@H](O)[C@@H](O)[C@H]1O. The normalized spacial score (nSPS) is 35.1. The highest BCUT2D eigenvalue weighted by Gasteiger charge is 2.43. The van der Waals surface area contributed by atoms with Gasteiger partial charge in [-0.2, -0.15) is 0 Å². The summed E-state index contributed by atoms with van der Waals surface area (Å²) in [5.74, 6) is 0. The predicted octanol–water partition coefficient (Wildman–Crippen LogP) is -0.339. The number of anilines is 1. The molecule has 1 fully saturated rings. The maximum Gasteiger partial charge on any atom is 0.157 e. The minimum absolute atomic E-state index is 0.441. The first-order chi connectivity index (χ1) is 9.02. The molecule has 1 heterocycles. The van der Waals surface area contributed by atoms with Crippen LogP contribution in [0.5, 0.6) is 0 Å². The van der Waals surface area contributed by atoms with Crippen molar-refractivity contribution < 1.29 is 25.2 Å². The third kappa shape index (κ3) is 3.25. The first-order valence-electron chi connectivity index (χ1n) is 5.85. The molecule has 0 aromatic heterocycles. The van der Waals surface area contributed by atoms with Crippen LogP contribution in [0.3, 0.4) is 0 Å². The van der Waals surface area contributed by atoms with Crippen molar-refractivity contribution in [2.45, 2.75) is 30.6 Å². The predicted molar refractivity (Wildman–Crippen MR) is 71.5 cm³/mol. The average molecular weight is 334 g/mol. The van der Waals surface area contributed by atoms with E-state index in [0.717, 1.165) is 4.47 Å². The first-order valence-corrected chi connectivity index (χ1v) is 6.65. The lowest BCUT2D eigenvalue weighted by Gasteiger charge is -2.40. The molecule has 5 N–H and O–H groups in total. The molecule has 106 valence electrons. The molecule has 0 saturated carbocycles. The van der Waals surface area contributed by atoms with Crippen molar-refractivity contribution in [3.05, 3.63) is 28.7 Å². The number of aliphatic hydroxyl groups is 4. The molecular weight excluding hydrogens is 318 g/mol. The number of rotatable bonds is 3. The molecule has 1 aromatic carbocycles. The summed E-state index contributed by atoms with van der Waals surface area (Å²) in [7, 11) is 0. The van der Waals surface area contributed by atoms with Gasteiger partial charge in [-0.3, -0.25) is 0 Å². The molecule has 1 aliphatic rings. The Kier molecular flexibility index (Phi) is 4.77. The molecule has 0 bridgehead atoms. The summed E-state index contributed by atoms with van der Waals surface area (Å²) in [6.07, 6.45) is -5.83. The van der Waals surface area contributed by atoms with E-state index in [-0.39, 0.29) is 0 Å². The van der Waals surface area contributed by atoms with Crippen molar-refractivity contribution in [3.8, 4) is 0 Å². The lowest BCUT2D eigenvalue weighted by atomic mass is 9.98. The topological polar surface area (TPSA) is 102 Å². The fourth-order valence-corrected chi connectivity index (χ4v) is 2.20. The first kappa shape index (κ1) is 14.7. The van der Waals surface area contributed by atoms with Crippen molar-refractivity contribution in [2.75, 3.05) is 11.9 Å². The van der Waals surface area contributed by atoms with Gasteiger partial charge in [0.15, 0.2) is 6.23 Å². The Morgan fingerprint density at radius 3 is 2.26 bits per heavy atom. The Hall–Kier alpha value is -0.700. The van der Waals surface area contributed by atoms with Gasteiger partial charge in [0.05, 0.1) is 6.61 Å². The Bertz CT molecular complexity index is 413. The van der Waals surface area contributed by atoms with Crippen LogP contribution in [-0.2, 0) is 4.74 Å². The molecule has 1 saturated heterocycles. The second-order valence-electron chi connectivity index (χ2n) is 4.40. The fraction of sp³-hybridized carbons (Fsp3) is 0.500. The fourth-order valence-electron chi connectivity index (χ4n) is 1.93. The zero-order valence-corrected chi connectivity index (χ0v) is 11.6. The maximum absolute atomic E-state index is 9.85. The molecule has 2 rings (SSSR count). The molecule has 7 heteroatoms. The lowest BCUT2D eigenvalue weighted by Crippen LogP contribution is -2.60. The van der Waals surface area contributed by atoms with E-state index >= 15 is 0 Å². The summed E-state index contributed by atoms with van der Waals surface area (Å²) >= 11 is 3.31. The van der Waals surface area contributed by atoms with Crippen molar-refractivity contribution in [1.82, 2.24) is 0 Å². The van der Waals surface area contributed by atoms with Gasteiger partial charge in [-0.25, -0.2) is 0 Å². The van der Waals surface area contributed by atoms with E-state index in [1.54, 1.807) is 12.1 Å². The second-order valence-corrected chi connectivity index (χ2v) is 5.32. The Labute approximate surface area is 118 Å². The highest BCUT2D eigenvalue weighted by Crippen LogP contribution is 2.23. The number of benzene rings is 1. The van der Waals surface area contributed by atoms with E-state index in [4.69, 9.17) is 9.84 Å². The van der Waals surface area contributed by atoms with Gasteiger partial charge >= 0.3 is 0 Å². The summed E-state index contributed by atoms with van der Waals surface area (Å²) in [5, 5.41) is 41.1. The summed E-state index contributed by atoms with van der Waals surface area (Å²) < 4.78 is 6.24. The highest BCUT2D eigenvalue weighted by atomic mass is 79.9. The van der Waals surface area contributed by atoms with E-state index in [1.807, 2.05) is 12.1 Å². The molecular formula is C12H16BrNO5. The smallest absolute Gasteiger partial charge is 0.157 e. The van der Waals surface area contributed by atoms with Gasteiger partial charge in [0.1, 0.15) is 24.4 Å². The number of halogens is 1. The van der Waals surface area contributed by atoms with Crippen molar-refractivity contribution in [1.29, 1.82) is 0 Å². The minimum atomic E-state index is -1.38. The quantitative estimate of drug-likeness (QED) is 0.518. The molecule has 0 aliphatic carbocycles. The second kappa shape index (κ2) is 6.17. The van der Waals surface area contributed by atoms with Crippen LogP contribution in [0.15, 0.2) is 28.7 Å². The Morgan fingerprint density at radius 1 is 1.05 bits per heavy atom. The largest absolute Gasteiger partial charge is 0.394 e. The van der Waals surface area contributed by atoms with Gasteiger partial charge in [-0.05, 0) is 24.3 Å². The van der Waals surface area contributed by atoms with Crippen LogP contribution in [0.4, 0.5) is 5.69 Å². The van der Waals surface area contributed by atoms with Crippen molar-refractivity contribution in [2.24, 2.45) is 0 Å². The van der Waals surface area contributed by atoms with Crippen LogP contribution in [0.25, 0.3) is 0 Å². The summed E-state index contributed by atoms with van der Waals surface area (Å²) in [4.78, 5) is 0. The third-order valence-electron chi connectivity index (χ3n) is 3.05. The number of hydrogen-bond acceptors (Lipinski definition) is 6. The zero-order chi connectivity index (χ0) is 14.0. The van der Waals surface area contributed by atoms with Crippen LogP contribution >= 0.6 is 15.9 Å². The van der Waals surface area contributed by atoms with E-state index in [1.165, 1.54) is 0 Å². The van der Waals surface area contributed by atoms with Crippen molar-refractivity contribution >= 4 is 21.6 Å². The van der Waals surface area contributed by atoms with Gasteiger partial charge in [0, 0.05) is 10.2 Å². The van der Waals surface area contributed by atoms with Crippen LogP contribution < -0.4 is 5.32 Å². The highest BCUT2D eigenvalue weighted by molar-refractivity contribution is 9.10. The molecule has 1 aliphatic heterocycles. The van der Waals surface area contributed by atoms with Crippen LogP contribution in [-0.4, -0.2) is 57.7 Å². The Morgan fingerprint density at radius 2 is 1.68 bits per heavy atom. The van der Waals surface area contributed by atoms with Crippen LogP contribution in [0.1, 0.15) is 0 Å². The molecule has 1 unspecified atom stereocenters. The number of nitrogens with one attached hydrogen (secondary N) is 1. The van der Waals surface area contributed by atoms with Crippen LogP contribution in [0, 0.1) is 0 Å². The van der Waals surface area contributed by atoms with Gasteiger partial charge < -0.3 is 30.5 Å². The van der Waals surface area contributed by atoms with Gasteiger partial charge in [-0.1, -0.05) is 15.9 Å². The number of hydrogen-bond donors (Lipinski definition) is 5. The molecule has 6 nitrogen and oxygen atoms in total. The van der Waals surface area contributed by atoms with E-state index < -0.39 is 37.3 Å². The third-order valence-corrected chi connectivity index (χ3v) is 3.57. The van der Waals surface area contributed by atoms with E-state index in [9.17, 15) is 15.3 Å². The summed E-state index contributed by atoms with van der Waals surface area (Å²) in [5.41, 5.74) is 0.688. The van der Waals surface area contributed by atoms with E-state index in [0.29, 0.717) is 5.69 Å². The van der Waals surface area contributed by atoms with Gasteiger partial charge in [-0.15, -0.1) is 0 Å². The average Bonchev–Trinajstić information content (AvgIpc) is 2.42. The van der Waals surface area contributed by atoms with Crippen LogP contribution in [0.2, 0.25) is 0 Å². The number of ether oxygens (including phenoxy) is 1. The molecule has 19 heavy (non-hydrogen) atoms. The summed E-state index contributed by atoms with van der Waals surface area (Å²) in [6, 6.07) is 7.16. The zero-order valence-electron chi connectivity index (χ0n) is 9.98. The molecule has 0 radical (unpaired) electrons. The molecule has 5 atom stereocenters. The minimum Gasteiger partial charge on any atom is -0.394 e. The van der Waals surface area contributed by atoms with Gasteiger partial charge in [0.25, 0.3) is 0 Å².